The Bertz CT molecular complexity index is 374. The van der Waals surface area contributed by atoms with E-state index in [1.54, 1.807) is 0 Å². The SMILES string of the molecule is CC(Br)c1ccc2c(c1)C(=O)NCC2. The van der Waals surface area contributed by atoms with Crippen LogP contribution in [-0.2, 0) is 6.42 Å². The van der Waals surface area contributed by atoms with Crippen LogP contribution in [-0.4, -0.2) is 12.5 Å². The Morgan fingerprint density at radius 3 is 3.00 bits per heavy atom. The molecule has 1 amide bonds. The van der Waals surface area contributed by atoms with E-state index in [9.17, 15) is 4.79 Å². The Morgan fingerprint density at radius 1 is 1.50 bits per heavy atom. The van der Waals surface area contributed by atoms with Crippen molar-refractivity contribution in [2.45, 2.75) is 18.2 Å². The summed E-state index contributed by atoms with van der Waals surface area (Å²) in [6.07, 6.45) is 0.942. The van der Waals surface area contributed by atoms with Gasteiger partial charge >= 0.3 is 0 Å². The second-order valence-corrected chi connectivity index (χ2v) is 4.91. The number of hydrogen-bond acceptors (Lipinski definition) is 1. The number of hydrogen-bond donors (Lipinski definition) is 1. The fourth-order valence-corrected chi connectivity index (χ4v) is 1.96. The molecule has 1 N–H and O–H groups in total. The number of fused-ring (bicyclic) bond motifs is 1. The third-order valence-electron chi connectivity index (χ3n) is 2.52. The highest BCUT2D eigenvalue weighted by molar-refractivity contribution is 9.09. The molecule has 74 valence electrons. The van der Waals surface area contributed by atoms with E-state index in [-0.39, 0.29) is 5.91 Å². The molecule has 0 bridgehead atoms. The minimum atomic E-state index is 0.0567. The van der Waals surface area contributed by atoms with Crippen molar-refractivity contribution in [3.8, 4) is 0 Å². The van der Waals surface area contributed by atoms with Gasteiger partial charge in [-0.15, -0.1) is 0 Å². The Morgan fingerprint density at radius 2 is 2.29 bits per heavy atom. The predicted molar refractivity (Wildman–Crippen MR) is 59.8 cm³/mol. The normalized spacial score (nSPS) is 17.1. The summed E-state index contributed by atoms with van der Waals surface area (Å²) in [6, 6.07) is 6.11. The summed E-state index contributed by atoms with van der Waals surface area (Å²) < 4.78 is 0. The number of rotatable bonds is 1. The fourth-order valence-electron chi connectivity index (χ4n) is 1.68. The molecule has 0 fully saturated rings. The molecule has 1 aliphatic heterocycles. The Kier molecular flexibility index (Phi) is 2.59. The first-order valence-electron chi connectivity index (χ1n) is 4.73. The first kappa shape index (κ1) is 9.71. The van der Waals surface area contributed by atoms with Crippen molar-refractivity contribution in [2.24, 2.45) is 0 Å². The highest BCUT2D eigenvalue weighted by Crippen LogP contribution is 2.25. The zero-order valence-electron chi connectivity index (χ0n) is 8.01. The predicted octanol–water partition coefficient (Wildman–Crippen LogP) is 2.43. The van der Waals surface area contributed by atoms with Crippen molar-refractivity contribution in [2.75, 3.05) is 6.54 Å². The second kappa shape index (κ2) is 3.73. The van der Waals surface area contributed by atoms with Gasteiger partial charge in [0.25, 0.3) is 5.91 Å². The Hall–Kier alpha value is -0.830. The maximum Gasteiger partial charge on any atom is 0.251 e. The molecule has 14 heavy (non-hydrogen) atoms. The molecular weight excluding hydrogens is 242 g/mol. The number of halogens is 1. The van der Waals surface area contributed by atoms with E-state index in [0.29, 0.717) is 4.83 Å². The van der Waals surface area contributed by atoms with E-state index in [1.807, 2.05) is 6.07 Å². The van der Waals surface area contributed by atoms with Crippen LogP contribution in [0, 0.1) is 0 Å². The van der Waals surface area contributed by atoms with Gasteiger partial charge in [-0.25, -0.2) is 0 Å². The van der Waals surface area contributed by atoms with Crippen LogP contribution in [0.25, 0.3) is 0 Å². The summed E-state index contributed by atoms with van der Waals surface area (Å²) in [6.45, 7) is 2.82. The second-order valence-electron chi connectivity index (χ2n) is 3.54. The van der Waals surface area contributed by atoms with Crippen molar-refractivity contribution >= 4 is 21.8 Å². The molecule has 1 aromatic carbocycles. The highest BCUT2D eigenvalue weighted by atomic mass is 79.9. The molecule has 0 spiro atoms. The lowest BCUT2D eigenvalue weighted by molar-refractivity contribution is 0.0946. The van der Waals surface area contributed by atoms with Gasteiger partial charge in [0.1, 0.15) is 0 Å². The molecule has 1 aromatic rings. The van der Waals surface area contributed by atoms with Crippen LogP contribution in [0.1, 0.15) is 33.2 Å². The molecule has 1 atom stereocenters. The largest absolute Gasteiger partial charge is 0.352 e. The first-order valence-corrected chi connectivity index (χ1v) is 5.65. The molecule has 1 aliphatic rings. The Balaban J connectivity index is 2.46. The standard InChI is InChI=1S/C11H12BrNO/c1-7(12)9-3-2-8-4-5-13-11(14)10(8)6-9/h2-3,6-7H,4-5H2,1H3,(H,13,14). The monoisotopic (exact) mass is 253 g/mol. The third kappa shape index (κ3) is 1.69. The lowest BCUT2D eigenvalue weighted by Gasteiger charge is -2.17. The van der Waals surface area contributed by atoms with Crippen molar-refractivity contribution in [1.82, 2.24) is 5.32 Å². The van der Waals surface area contributed by atoms with E-state index in [1.165, 1.54) is 0 Å². The van der Waals surface area contributed by atoms with Gasteiger partial charge in [0.2, 0.25) is 0 Å². The number of carbonyl (C=O) groups is 1. The zero-order chi connectivity index (χ0) is 10.1. The highest BCUT2D eigenvalue weighted by Gasteiger charge is 2.17. The summed E-state index contributed by atoms with van der Waals surface area (Å²) >= 11 is 3.50. The van der Waals surface area contributed by atoms with Gasteiger partial charge in [-0.3, -0.25) is 4.79 Å². The Labute approximate surface area is 91.8 Å². The van der Waals surface area contributed by atoms with Crippen molar-refractivity contribution in [3.63, 3.8) is 0 Å². The zero-order valence-corrected chi connectivity index (χ0v) is 9.60. The molecule has 0 saturated heterocycles. The molecule has 0 aromatic heterocycles. The van der Waals surface area contributed by atoms with E-state index in [4.69, 9.17) is 0 Å². The van der Waals surface area contributed by atoms with Gasteiger partial charge in [0, 0.05) is 16.9 Å². The lowest BCUT2D eigenvalue weighted by atomic mass is 9.97. The summed E-state index contributed by atoms with van der Waals surface area (Å²) in [5.74, 6) is 0.0567. The number of nitrogens with one attached hydrogen (secondary N) is 1. The third-order valence-corrected chi connectivity index (χ3v) is 3.05. The van der Waals surface area contributed by atoms with E-state index < -0.39 is 0 Å². The summed E-state index contributed by atoms with van der Waals surface area (Å²) in [7, 11) is 0. The molecule has 2 rings (SSSR count). The summed E-state index contributed by atoms with van der Waals surface area (Å²) in [5, 5.41) is 2.85. The average molecular weight is 254 g/mol. The number of carbonyl (C=O) groups excluding carboxylic acids is 1. The average Bonchev–Trinajstić information content (AvgIpc) is 2.18. The minimum absolute atomic E-state index is 0.0567. The van der Waals surface area contributed by atoms with Crippen LogP contribution in [0.3, 0.4) is 0 Å². The number of amides is 1. The molecule has 2 nitrogen and oxygen atoms in total. The topological polar surface area (TPSA) is 29.1 Å². The van der Waals surface area contributed by atoms with Gasteiger partial charge in [-0.05, 0) is 30.5 Å². The van der Waals surface area contributed by atoms with Crippen molar-refractivity contribution in [3.05, 3.63) is 34.9 Å². The van der Waals surface area contributed by atoms with Crippen LogP contribution in [0.5, 0.6) is 0 Å². The van der Waals surface area contributed by atoms with Crippen LogP contribution in [0.15, 0.2) is 18.2 Å². The van der Waals surface area contributed by atoms with Crippen LogP contribution < -0.4 is 5.32 Å². The molecule has 0 aliphatic carbocycles. The van der Waals surface area contributed by atoms with Gasteiger partial charge in [-0.1, -0.05) is 28.1 Å². The maximum absolute atomic E-state index is 11.5. The van der Waals surface area contributed by atoms with Gasteiger partial charge < -0.3 is 5.32 Å². The smallest absolute Gasteiger partial charge is 0.251 e. The van der Waals surface area contributed by atoms with Gasteiger partial charge in [0.15, 0.2) is 0 Å². The van der Waals surface area contributed by atoms with E-state index in [0.717, 1.165) is 29.7 Å². The van der Waals surface area contributed by atoms with Gasteiger partial charge in [0.05, 0.1) is 0 Å². The number of benzene rings is 1. The lowest BCUT2D eigenvalue weighted by Crippen LogP contribution is -2.31. The number of alkyl halides is 1. The van der Waals surface area contributed by atoms with E-state index in [2.05, 4.69) is 40.3 Å². The fraction of sp³-hybridized carbons (Fsp3) is 0.364. The molecule has 1 unspecified atom stereocenters. The van der Waals surface area contributed by atoms with Crippen molar-refractivity contribution in [1.29, 1.82) is 0 Å². The summed E-state index contributed by atoms with van der Waals surface area (Å²) in [5.41, 5.74) is 3.14. The molecule has 0 saturated carbocycles. The quantitative estimate of drug-likeness (QED) is 0.766. The molecule has 3 heteroatoms. The molecule has 1 heterocycles. The van der Waals surface area contributed by atoms with Crippen LogP contribution in [0.2, 0.25) is 0 Å². The van der Waals surface area contributed by atoms with Crippen LogP contribution >= 0.6 is 15.9 Å². The minimum Gasteiger partial charge on any atom is -0.352 e. The maximum atomic E-state index is 11.5. The van der Waals surface area contributed by atoms with E-state index >= 15 is 0 Å². The first-order chi connectivity index (χ1) is 6.68. The van der Waals surface area contributed by atoms with Crippen LogP contribution in [0.4, 0.5) is 0 Å². The molecular formula is C11H12BrNO. The van der Waals surface area contributed by atoms with Crippen molar-refractivity contribution < 1.29 is 4.79 Å². The van der Waals surface area contributed by atoms with Gasteiger partial charge in [-0.2, -0.15) is 0 Å². The molecule has 0 radical (unpaired) electrons. The summed E-state index contributed by atoms with van der Waals surface area (Å²) in [4.78, 5) is 11.8.